The van der Waals surface area contributed by atoms with Crippen molar-refractivity contribution in [2.24, 2.45) is 11.8 Å². The van der Waals surface area contributed by atoms with Crippen LogP contribution >= 0.6 is 0 Å². The maximum atomic E-state index is 11.2. The Morgan fingerprint density at radius 2 is 2.17 bits per heavy atom. The van der Waals surface area contributed by atoms with Crippen LogP contribution in [0.15, 0.2) is 0 Å². The molecule has 1 aliphatic carbocycles. The zero-order valence-electron chi connectivity index (χ0n) is 7.03. The molecule has 2 fully saturated rings. The van der Waals surface area contributed by atoms with Gasteiger partial charge in [-0.05, 0) is 19.3 Å². The van der Waals surface area contributed by atoms with Crippen molar-refractivity contribution >= 4 is 5.97 Å². The first-order valence-electron chi connectivity index (χ1n) is 4.64. The molecule has 0 spiro atoms. The second-order valence-electron chi connectivity index (χ2n) is 3.71. The van der Waals surface area contributed by atoms with Crippen LogP contribution in [0.2, 0.25) is 0 Å². The molecule has 2 aliphatic rings. The van der Waals surface area contributed by atoms with E-state index in [-0.39, 0.29) is 24.6 Å². The largest absolute Gasteiger partial charge is 0.462 e. The SMILES string of the molecule is O=C1O[C@H]2CCCC[C@@H]2C1CO. The first-order chi connectivity index (χ1) is 5.83. The molecule has 1 heterocycles. The minimum Gasteiger partial charge on any atom is -0.462 e. The predicted molar refractivity (Wildman–Crippen MR) is 42.4 cm³/mol. The summed E-state index contributed by atoms with van der Waals surface area (Å²) in [5.74, 6) is -0.110. The normalized spacial score (nSPS) is 40.8. The number of hydrogen-bond donors (Lipinski definition) is 1. The van der Waals surface area contributed by atoms with E-state index >= 15 is 0 Å². The predicted octanol–water partition coefficient (Wildman–Crippen LogP) is 0.710. The van der Waals surface area contributed by atoms with Crippen LogP contribution in [0, 0.1) is 11.8 Å². The number of carbonyl (C=O) groups excluding carboxylic acids is 1. The van der Waals surface area contributed by atoms with E-state index in [9.17, 15) is 4.79 Å². The van der Waals surface area contributed by atoms with E-state index in [1.54, 1.807) is 0 Å². The summed E-state index contributed by atoms with van der Waals surface area (Å²) in [4.78, 5) is 11.2. The molecule has 1 aliphatic heterocycles. The lowest BCUT2D eigenvalue weighted by molar-refractivity contribution is -0.145. The van der Waals surface area contributed by atoms with Gasteiger partial charge in [-0.15, -0.1) is 0 Å². The van der Waals surface area contributed by atoms with Crippen molar-refractivity contribution in [3.63, 3.8) is 0 Å². The van der Waals surface area contributed by atoms with Gasteiger partial charge < -0.3 is 9.84 Å². The molecule has 68 valence electrons. The van der Waals surface area contributed by atoms with E-state index in [4.69, 9.17) is 9.84 Å². The lowest BCUT2D eigenvalue weighted by Crippen LogP contribution is -2.26. The van der Waals surface area contributed by atoms with E-state index < -0.39 is 0 Å². The third-order valence-corrected chi connectivity index (χ3v) is 3.04. The van der Waals surface area contributed by atoms with E-state index in [0.29, 0.717) is 5.92 Å². The fraction of sp³-hybridized carbons (Fsp3) is 0.889. The smallest absolute Gasteiger partial charge is 0.311 e. The minimum absolute atomic E-state index is 0.0417. The molecule has 3 atom stereocenters. The van der Waals surface area contributed by atoms with Crippen LogP contribution in [-0.2, 0) is 9.53 Å². The summed E-state index contributed by atoms with van der Waals surface area (Å²) in [6.07, 6.45) is 4.48. The van der Waals surface area contributed by atoms with Gasteiger partial charge in [-0.1, -0.05) is 6.42 Å². The van der Waals surface area contributed by atoms with Crippen LogP contribution in [0.1, 0.15) is 25.7 Å². The molecule has 0 aromatic rings. The number of ether oxygens (including phenoxy) is 1. The Hall–Kier alpha value is -0.570. The fourth-order valence-electron chi connectivity index (χ4n) is 2.35. The van der Waals surface area contributed by atoms with Crippen molar-refractivity contribution in [2.45, 2.75) is 31.8 Å². The second-order valence-corrected chi connectivity index (χ2v) is 3.71. The summed E-state index contributed by atoms with van der Waals surface area (Å²) in [5, 5.41) is 8.97. The molecule has 0 aromatic heterocycles. The number of aliphatic hydroxyl groups is 1. The summed E-state index contributed by atoms with van der Waals surface area (Å²) in [7, 11) is 0. The maximum Gasteiger partial charge on any atom is 0.311 e. The van der Waals surface area contributed by atoms with Crippen LogP contribution in [0.25, 0.3) is 0 Å². The Bertz CT molecular complexity index is 190. The van der Waals surface area contributed by atoms with Crippen molar-refractivity contribution < 1.29 is 14.6 Å². The third-order valence-electron chi connectivity index (χ3n) is 3.04. The summed E-state index contributed by atoms with van der Waals surface area (Å²) in [5.41, 5.74) is 0. The Morgan fingerprint density at radius 3 is 2.92 bits per heavy atom. The highest BCUT2D eigenvalue weighted by Crippen LogP contribution is 2.38. The molecule has 3 heteroatoms. The Balaban J connectivity index is 2.10. The molecule has 1 N–H and O–H groups in total. The molecular weight excluding hydrogens is 156 g/mol. The highest BCUT2D eigenvalue weighted by molar-refractivity contribution is 5.75. The molecular formula is C9H14O3. The van der Waals surface area contributed by atoms with Gasteiger partial charge in [-0.25, -0.2) is 0 Å². The molecule has 1 saturated heterocycles. The fourth-order valence-corrected chi connectivity index (χ4v) is 2.35. The summed E-state index contributed by atoms with van der Waals surface area (Å²) < 4.78 is 5.17. The molecule has 0 amide bonds. The quantitative estimate of drug-likeness (QED) is 0.589. The van der Waals surface area contributed by atoms with Gasteiger partial charge in [0.2, 0.25) is 0 Å². The van der Waals surface area contributed by atoms with E-state index in [0.717, 1.165) is 19.3 Å². The molecule has 0 bridgehead atoms. The highest BCUT2D eigenvalue weighted by atomic mass is 16.6. The molecule has 1 unspecified atom stereocenters. The average Bonchev–Trinajstić information content (AvgIpc) is 2.40. The van der Waals surface area contributed by atoms with Gasteiger partial charge >= 0.3 is 5.97 Å². The van der Waals surface area contributed by atoms with Gasteiger partial charge in [0.05, 0.1) is 12.5 Å². The van der Waals surface area contributed by atoms with Crippen molar-refractivity contribution in [3.8, 4) is 0 Å². The first-order valence-corrected chi connectivity index (χ1v) is 4.64. The van der Waals surface area contributed by atoms with Crippen LogP contribution < -0.4 is 0 Å². The lowest BCUT2D eigenvalue weighted by Gasteiger charge is -2.24. The zero-order chi connectivity index (χ0) is 8.55. The average molecular weight is 170 g/mol. The van der Waals surface area contributed by atoms with Gasteiger partial charge in [0.1, 0.15) is 6.10 Å². The molecule has 3 nitrogen and oxygen atoms in total. The number of hydrogen-bond acceptors (Lipinski definition) is 3. The van der Waals surface area contributed by atoms with E-state index in [1.165, 1.54) is 6.42 Å². The first kappa shape index (κ1) is 8.05. The molecule has 0 aromatic carbocycles. The summed E-state index contributed by atoms with van der Waals surface area (Å²) in [6, 6.07) is 0. The van der Waals surface area contributed by atoms with Crippen LogP contribution in [-0.4, -0.2) is 23.8 Å². The minimum atomic E-state index is -0.227. The summed E-state index contributed by atoms with van der Waals surface area (Å²) >= 11 is 0. The highest BCUT2D eigenvalue weighted by Gasteiger charge is 2.44. The Labute approximate surface area is 71.7 Å². The van der Waals surface area contributed by atoms with E-state index in [2.05, 4.69) is 0 Å². The van der Waals surface area contributed by atoms with Crippen LogP contribution in [0.4, 0.5) is 0 Å². The number of esters is 1. The second kappa shape index (κ2) is 3.05. The van der Waals surface area contributed by atoms with Gasteiger partial charge in [0.15, 0.2) is 0 Å². The Morgan fingerprint density at radius 1 is 1.42 bits per heavy atom. The molecule has 2 rings (SSSR count). The number of rotatable bonds is 1. The monoisotopic (exact) mass is 170 g/mol. The van der Waals surface area contributed by atoms with Crippen LogP contribution in [0.5, 0.6) is 0 Å². The van der Waals surface area contributed by atoms with Crippen molar-refractivity contribution in [1.82, 2.24) is 0 Å². The standard InChI is InChI=1S/C9H14O3/c10-5-7-6-3-1-2-4-8(6)12-9(7)11/h6-8,10H,1-5H2/t6-,7?,8+/m1/s1. The maximum absolute atomic E-state index is 11.2. The van der Waals surface area contributed by atoms with Gasteiger partial charge in [0.25, 0.3) is 0 Å². The zero-order valence-corrected chi connectivity index (χ0v) is 7.03. The molecule has 12 heavy (non-hydrogen) atoms. The number of carbonyl (C=O) groups is 1. The van der Waals surface area contributed by atoms with Crippen molar-refractivity contribution in [2.75, 3.05) is 6.61 Å². The third kappa shape index (κ3) is 1.12. The van der Waals surface area contributed by atoms with E-state index in [1.807, 2.05) is 0 Å². The van der Waals surface area contributed by atoms with Crippen LogP contribution in [0.3, 0.4) is 0 Å². The van der Waals surface area contributed by atoms with Crippen molar-refractivity contribution in [3.05, 3.63) is 0 Å². The number of fused-ring (bicyclic) bond motifs is 1. The van der Waals surface area contributed by atoms with Gasteiger partial charge in [-0.3, -0.25) is 4.79 Å². The lowest BCUT2D eigenvalue weighted by atomic mass is 9.80. The Kier molecular flexibility index (Phi) is 2.05. The molecule has 1 saturated carbocycles. The number of aliphatic hydroxyl groups excluding tert-OH is 1. The van der Waals surface area contributed by atoms with Gasteiger partial charge in [0, 0.05) is 5.92 Å². The van der Waals surface area contributed by atoms with Gasteiger partial charge in [-0.2, -0.15) is 0 Å². The van der Waals surface area contributed by atoms with Crippen molar-refractivity contribution in [1.29, 1.82) is 0 Å². The summed E-state index contributed by atoms with van der Waals surface area (Å²) in [6.45, 7) is -0.0417. The molecule has 0 radical (unpaired) electrons. The topological polar surface area (TPSA) is 46.5 Å².